The van der Waals surface area contributed by atoms with Gasteiger partial charge in [0.1, 0.15) is 4.99 Å². The molecule has 1 unspecified atom stereocenters. The number of hydrogen-bond donors (Lipinski definition) is 2. The van der Waals surface area contributed by atoms with Crippen molar-refractivity contribution in [2.75, 3.05) is 24.8 Å². The lowest BCUT2D eigenvalue weighted by molar-refractivity contribution is 0.182. The van der Waals surface area contributed by atoms with E-state index >= 15 is 0 Å². The normalized spacial score (nSPS) is 12.2. The molecule has 0 fully saturated rings. The Labute approximate surface area is 131 Å². The van der Waals surface area contributed by atoms with Crippen LogP contribution in [0.1, 0.15) is 32.3 Å². The summed E-state index contributed by atoms with van der Waals surface area (Å²) < 4.78 is 5.28. The van der Waals surface area contributed by atoms with Crippen LogP contribution in [0.2, 0.25) is 0 Å². The van der Waals surface area contributed by atoms with Crippen LogP contribution in [0.5, 0.6) is 0 Å². The fourth-order valence-electron chi connectivity index (χ4n) is 2.15. The van der Waals surface area contributed by atoms with Crippen LogP contribution in [0, 0.1) is 0 Å². The minimum Gasteiger partial charge on any atom is -0.389 e. The van der Waals surface area contributed by atoms with Crippen LogP contribution in [0.15, 0.2) is 23.1 Å². The highest BCUT2D eigenvalue weighted by Gasteiger charge is 2.14. The molecule has 0 spiro atoms. The number of benzene rings is 1. The second-order valence-electron chi connectivity index (χ2n) is 4.56. The van der Waals surface area contributed by atoms with E-state index in [-0.39, 0.29) is 6.04 Å². The highest BCUT2D eigenvalue weighted by Crippen LogP contribution is 2.29. The lowest BCUT2D eigenvalue weighted by Crippen LogP contribution is -2.26. The van der Waals surface area contributed by atoms with Gasteiger partial charge in [-0.15, -0.1) is 11.8 Å². The molecular formula is C15H24N2OS2. The Morgan fingerprint density at radius 2 is 2.20 bits per heavy atom. The smallest absolute Gasteiger partial charge is 0.107 e. The number of nitrogens with two attached hydrogens (primary N) is 1. The summed E-state index contributed by atoms with van der Waals surface area (Å²) >= 11 is 6.99. The Morgan fingerprint density at radius 1 is 1.45 bits per heavy atom. The first-order valence-corrected chi connectivity index (χ1v) is 8.34. The third-order valence-corrected chi connectivity index (χ3v) is 4.08. The molecule has 0 saturated heterocycles. The van der Waals surface area contributed by atoms with Crippen molar-refractivity contribution in [2.24, 2.45) is 5.73 Å². The number of methoxy groups -OCH3 is 1. The molecule has 20 heavy (non-hydrogen) atoms. The molecule has 0 amide bonds. The summed E-state index contributed by atoms with van der Waals surface area (Å²) in [6.07, 6.45) is 2.16. The van der Waals surface area contributed by atoms with Gasteiger partial charge in [0.2, 0.25) is 0 Å². The lowest BCUT2D eigenvalue weighted by atomic mass is 10.1. The third kappa shape index (κ3) is 4.96. The fourth-order valence-corrected chi connectivity index (χ4v) is 3.28. The molecule has 0 radical (unpaired) electrons. The maximum Gasteiger partial charge on any atom is 0.107 e. The van der Waals surface area contributed by atoms with Crippen molar-refractivity contribution in [3.63, 3.8) is 0 Å². The van der Waals surface area contributed by atoms with Gasteiger partial charge in [-0.1, -0.05) is 38.6 Å². The zero-order valence-corrected chi connectivity index (χ0v) is 14.1. The van der Waals surface area contributed by atoms with E-state index in [0.717, 1.165) is 34.7 Å². The summed E-state index contributed by atoms with van der Waals surface area (Å²) in [7, 11) is 1.72. The van der Waals surface area contributed by atoms with Crippen LogP contribution in [0.3, 0.4) is 0 Å². The molecule has 1 atom stereocenters. The maximum absolute atomic E-state index is 5.92. The van der Waals surface area contributed by atoms with Gasteiger partial charge in [0, 0.05) is 29.3 Å². The van der Waals surface area contributed by atoms with Crippen molar-refractivity contribution in [3.05, 3.63) is 23.8 Å². The van der Waals surface area contributed by atoms with E-state index in [1.165, 1.54) is 0 Å². The number of nitrogens with one attached hydrogen (secondary N) is 1. The van der Waals surface area contributed by atoms with Gasteiger partial charge < -0.3 is 15.8 Å². The molecule has 0 heterocycles. The summed E-state index contributed by atoms with van der Waals surface area (Å²) in [6.45, 7) is 4.97. The largest absolute Gasteiger partial charge is 0.389 e. The molecule has 3 N–H and O–H groups in total. The summed E-state index contributed by atoms with van der Waals surface area (Å²) in [5.74, 6) is 0.996. The second-order valence-corrected chi connectivity index (χ2v) is 6.31. The summed E-state index contributed by atoms with van der Waals surface area (Å²) in [5.41, 5.74) is 7.87. The minimum absolute atomic E-state index is 0.278. The molecule has 112 valence electrons. The van der Waals surface area contributed by atoms with E-state index in [1.54, 1.807) is 18.9 Å². The van der Waals surface area contributed by atoms with Crippen LogP contribution in [-0.4, -0.2) is 30.5 Å². The number of hydrogen-bond acceptors (Lipinski definition) is 4. The first-order valence-electron chi connectivity index (χ1n) is 6.95. The quantitative estimate of drug-likeness (QED) is 0.538. The first kappa shape index (κ1) is 17.3. The van der Waals surface area contributed by atoms with Crippen molar-refractivity contribution in [1.29, 1.82) is 0 Å². The van der Waals surface area contributed by atoms with Crippen molar-refractivity contribution < 1.29 is 4.74 Å². The first-order chi connectivity index (χ1) is 9.63. The molecule has 0 aliphatic carbocycles. The average Bonchev–Trinajstić information content (AvgIpc) is 2.39. The fraction of sp³-hybridized carbons (Fsp3) is 0.533. The summed E-state index contributed by atoms with van der Waals surface area (Å²) in [6, 6.07) is 6.42. The minimum atomic E-state index is 0.278. The average molecular weight is 313 g/mol. The van der Waals surface area contributed by atoms with Crippen LogP contribution in [0.4, 0.5) is 5.69 Å². The van der Waals surface area contributed by atoms with Gasteiger partial charge in [-0.2, -0.15) is 0 Å². The number of anilines is 1. The van der Waals surface area contributed by atoms with E-state index in [0.29, 0.717) is 11.6 Å². The maximum atomic E-state index is 5.92. The Bertz CT molecular complexity index is 432. The number of thioether (sulfide) groups is 1. The molecule has 3 nitrogen and oxygen atoms in total. The van der Waals surface area contributed by atoms with Crippen LogP contribution in [0.25, 0.3) is 0 Å². The van der Waals surface area contributed by atoms with Crippen LogP contribution in [-0.2, 0) is 4.74 Å². The van der Waals surface area contributed by atoms with Gasteiger partial charge in [-0.25, -0.2) is 0 Å². The van der Waals surface area contributed by atoms with Crippen molar-refractivity contribution >= 4 is 34.7 Å². The van der Waals surface area contributed by atoms with E-state index in [2.05, 4.69) is 25.2 Å². The Kier molecular flexibility index (Phi) is 7.95. The second kappa shape index (κ2) is 9.21. The predicted octanol–water partition coefficient (Wildman–Crippen LogP) is 3.66. The Balaban J connectivity index is 3.03. The van der Waals surface area contributed by atoms with E-state index < -0.39 is 0 Å². The standard InChI is InChI=1S/C15H24N2OS2/c1-4-7-11(10-18-3)17-12-8-6-9-13(20-5-2)14(12)15(16)19/h6,8-9,11,17H,4-5,7,10H2,1-3H3,(H2,16,19). The summed E-state index contributed by atoms with van der Waals surface area (Å²) in [5, 5.41) is 3.52. The van der Waals surface area contributed by atoms with E-state index in [1.807, 2.05) is 12.1 Å². The highest BCUT2D eigenvalue weighted by molar-refractivity contribution is 7.99. The third-order valence-electron chi connectivity index (χ3n) is 2.94. The number of thiocarbonyl (C=S) groups is 1. The molecule has 1 rings (SSSR count). The predicted molar refractivity (Wildman–Crippen MR) is 92.9 cm³/mol. The zero-order valence-electron chi connectivity index (χ0n) is 12.4. The Hall–Kier alpha value is -0.780. The van der Waals surface area contributed by atoms with Crippen molar-refractivity contribution in [2.45, 2.75) is 37.6 Å². The number of rotatable bonds is 9. The van der Waals surface area contributed by atoms with Gasteiger partial charge in [0.05, 0.1) is 6.61 Å². The zero-order chi connectivity index (χ0) is 15.0. The molecule has 0 aliphatic rings. The highest BCUT2D eigenvalue weighted by atomic mass is 32.2. The topological polar surface area (TPSA) is 47.3 Å². The monoisotopic (exact) mass is 312 g/mol. The Morgan fingerprint density at radius 3 is 2.75 bits per heavy atom. The summed E-state index contributed by atoms with van der Waals surface area (Å²) in [4.78, 5) is 1.58. The van der Waals surface area contributed by atoms with E-state index in [9.17, 15) is 0 Å². The molecule has 0 saturated carbocycles. The molecular weight excluding hydrogens is 288 g/mol. The van der Waals surface area contributed by atoms with Gasteiger partial charge in [-0.05, 0) is 24.3 Å². The molecule has 0 bridgehead atoms. The van der Waals surface area contributed by atoms with Crippen LogP contribution < -0.4 is 11.1 Å². The van der Waals surface area contributed by atoms with Gasteiger partial charge in [0.15, 0.2) is 0 Å². The molecule has 5 heteroatoms. The number of ether oxygens (including phenoxy) is 1. The molecule has 0 aromatic heterocycles. The van der Waals surface area contributed by atoms with Crippen molar-refractivity contribution in [1.82, 2.24) is 0 Å². The molecule has 0 aliphatic heterocycles. The van der Waals surface area contributed by atoms with E-state index in [4.69, 9.17) is 22.7 Å². The lowest BCUT2D eigenvalue weighted by Gasteiger charge is -2.21. The van der Waals surface area contributed by atoms with Crippen LogP contribution >= 0.6 is 24.0 Å². The van der Waals surface area contributed by atoms with Gasteiger partial charge >= 0.3 is 0 Å². The molecule has 1 aromatic rings. The van der Waals surface area contributed by atoms with Gasteiger partial charge in [-0.3, -0.25) is 0 Å². The van der Waals surface area contributed by atoms with Crippen molar-refractivity contribution in [3.8, 4) is 0 Å². The van der Waals surface area contributed by atoms with Gasteiger partial charge in [0.25, 0.3) is 0 Å². The SMILES string of the molecule is CCCC(COC)Nc1cccc(SCC)c1C(N)=S. The molecule has 1 aromatic carbocycles.